The zero-order chi connectivity index (χ0) is 25.5. The number of aromatic carboxylic acids is 1. The van der Waals surface area contributed by atoms with Crippen LogP contribution in [0.5, 0.6) is 5.75 Å². The third kappa shape index (κ3) is 7.43. The molecule has 2 heterocycles. The number of hydrogen-bond acceptors (Lipinski definition) is 5. The Kier molecular flexibility index (Phi) is 9.55. The summed E-state index contributed by atoms with van der Waals surface area (Å²) in [6, 6.07) is 5.89. The van der Waals surface area contributed by atoms with Crippen molar-refractivity contribution in [2.24, 2.45) is 17.8 Å². The molecular formula is C27H41N3O5. The van der Waals surface area contributed by atoms with Gasteiger partial charge in [0.25, 0.3) is 0 Å². The fraction of sp³-hybridized carbons (Fsp3) is 0.667. The number of ether oxygens (including phenoxy) is 1. The average Bonchev–Trinajstić information content (AvgIpc) is 2.82. The summed E-state index contributed by atoms with van der Waals surface area (Å²) in [5, 5.41) is 12.5. The Morgan fingerprint density at radius 2 is 1.83 bits per heavy atom. The summed E-state index contributed by atoms with van der Waals surface area (Å²) in [4.78, 5) is 41.8. The molecule has 2 saturated heterocycles. The number of carboxylic acids is 1. The summed E-state index contributed by atoms with van der Waals surface area (Å²) in [7, 11) is 0. The van der Waals surface area contributed by atoms with Gasteiger partial charge in [-0.05, 0) is 61.6 Å². The summed E-state index contributed by atoms with van der Waals surface area (Å²) >= 11 is 0. The minimum Gasteiger partial charge on any atom is -0.493 e. The van der Waals surface area contributed by atoms with Crippen molar-refractivity contribution >= 4 is 17.8 Å². The number of carboxylic acid groups (broad SMARTS) is 1. The Labute approximate surface area is 209 Å². The normalized spacial score (nSPS) is 20.4. The molecule has 2 aliphatic heterocycles. The number of nitrogens with one attached hydrogen (secondary N) is 1. The van der Waals surface area contributed by atoms with Gasteiger partial charge in [0.2, 0.25) is 11.8 Å². The van der Waals surface area contributed by atoms with Crippen LogP contribution < -0.4 is 10.1 Å². The first-order valence-corrected chi connectivity index (χ1v) is 12.9. The van der Waals surface area contributed by atoms with Gasteiger partial charge >= 0.3 is 5.97 Å². The maximum absolute atomic E-state index is 13.6. The number of hydrogen-bond donors (Lipinski definition) is 2. The van der Waals surface area contributed by atoms with E-state index in [0.717, 1.165) is 19.3 Å². The van der Waals surface area contributed by atoms with Crippen LogP contribution in [-0.4, -0.2) is 77.6 Å². The standard InChI is InChI=1S/C27H41N3O5/c1-18(2)14-23-25(31)30(13-10-28-23)24(15-19(3)4)26(32)29-11-8-20(9-12-29)17-35-22-7-5-6-21(16-22)27(33)34/h5-7,16,18-20,23-24,28H,8-15,17H2,1-4H3,(H,33,34)/t23-,24?/m0/s1. The second-order valence-electron chi connectivity index (χ2n) is 10.7. The fourth-order valence-electron chi connectivity index (χ4n) is 4.99. The Hall–Kier alpha value is -2.61. The molecule has 1 aromatic rings. The number of carbonyl (C=O) groups excluding carboxylic acids is 2. The maximum Gasteiger partial charge on any atom is 0.335 e. The summed E-state index contributed by atoms with van der Waals surface area (Å²) < 4.78 is 5.86. The number of nitrogens with zero attached hydrogens (tertiary/aromatic N) is 2. The van der Waals surface area contributed by atoms with Gasteiger partial charge in [0.05, 0.1) is 18.2 Å². The molecular weight excluding hydrogens is 446 g/mol. The molecule has 2 aliphatic rings. The SMILES string of the molecule is CC(C)CC(C(=O)N1CCC(COc2cccc(C(=O)O)c2)CC1)N1CCN[C@@H](CC(C)C)C1=O. The highest BCUT2D eigenvalue weighted by Gasteiger charge is 2.39. The summed E-state index contributed by atoms with van der Waals surface area (Å²) in [6.07, 6.45) is 3.09. The molecule has 2 amide bonds. The summed E-state index contributed by atoms with van der Waals surface area (Å²) in [6.45, 7) is 11.5. The molecule has 0 saturated carbocycles. The van der Waals surface area contributed by atoms with Crippen molar-refractivity contribution in [3.05, 3.63) is 29.8 Å². The van der Waals surface area contributed by atoms with Crippen molar-refractivity contribution < 1.29 is 24.2 Å². The van der Waals surface area contributed by atoms with Crippen LogP contribution in [0.25, 0.3) is 0 Å². The Morgan fingerprint density at radius 3 is 2.46 bits per heavy atom. The number of piperidine rings is 1. The number of benzene rings is 1. The average molecular weight is 488 g/mol. The molecule has 1 aromatic carbocycles. The molecule has 1 unspecified atom stereocenters. The summed E-state index contributed by atoms with van der Waals surface area (Å²) in [5.41, 5.74) is 0.206. The van der Waals surface area contributed by atoms with Gasteiger partial charge in [0, 0.05) is 26.2 Å². The molecule has 8 heteroatoms. The maximum atomic E-state index is 13.6. The number of amides is 2. The number of piperazine rings is 1. The van der Waals surface area contributed by atoms with E-state index in [-0.39, 0.29) is 23.4 Å². The highest BCUT2D eigenvalue weighted by molar-refractivity contribution is 5.90. The molecule has 194 valence electrons. The summed E-state index contributed by atoms with van der Waals surface area (Å²) in [5.74, 6) is 0.699. The van der Waals surface area contributed by atoms with Crippen LogP contribution >= 0.6 is 0 Å². The lowest BCUT2D eigenvalue weighted by Crippen LogP contribution is -2.62. The zero-order valence-corrected chi connectivity index (χ0v) is 21.5. The van der Waals surface area contributed by atoms with Gasteiger partial charge in [0.15, 0.2) is 0 Å². The van der Waals surface area contributed by atoms with Crippen LogP contribution in [0.15, 0.2) is 24.3 Å². The largest absolute Gasteiger partial charge is 0.493 e. The Bertz CT molecular complexity index is 879. The van der Waals surface area contributed by atoms with Gasteiger partial charge in [-0.2, -0.15) is 0 Å². The molecule has 2 N–H and O–H groups in total. The highest BCUT2D eigenvalue weighted by Crippen LogP contribution is 2.24. The van der Waals surface area contributed by atoms with Gasteiger partial charge in [-0.25, -0.2) is 4.79 Å². The van der Waals surface area contributed by atoms with E-state index in [1.807, 2.05) is 9.80 Å². The lowest BCUT2D eigenvalue weighted by atomic mass is 9.94. The fourth-order valence-corrected chi connectivity index (χ4v) is 4.99. The Balaban J connectivity index is 1.57. The number of likely N-dealkylation sites (tertiary alicyclic amines) is 1. The zero-order valence-electron chi connectivity index (χ0n) is 21.5. The molecule has 0 bridgehead atoms. The van der Waals surface area contributed by atoms with Crippen molar-refractivity contribution in [2.45, 2.75) is 65.5 Å². The van der Waals surface area contributed by atoms with E-state index in [2.05, 4.69) is 33.0 Å². The minimum absolute atomic E-state index is 0.0517. The van der Waals surface area contributed by atoms with E-state index in [0.29, 0.717) is 62.7 Å². The first-order valence-electron chi connectivity index (χ1n) is 12.9. The van der Waals surface area contributed by atoms with Crippen LogP contribution in [-0.2, 0) is 9.59 Å². The van der Waals surface area contributed by atoms with Gasteiger partial charge in [-0.3, -0.25) is 9.59 Å². The van der Waals surface area contributed by atoms with E-state index >= 15 is 0 Å². The van der Waals surface area contributed by atoms with Crippen LogP contribution in [0, 0.1) is 17.8 Å². The lowest BCUT2D eigenvalue weighted by Gasteiger charge is -2.42. The number of carbonyl (C=O) groups is 3. The predicted molar refractivity (Wildman–Crippen MR) is 134 cm³/mol. The van der Waals surface area contributed by atoms with Gasteiger partial charge < -0.3 is 25.0 Å². The first-order chi connectivity index (χ1) is 16.7. The quantitative estimate of drug-likeness (QED) is 0.526. The molecule has 0 aliphatic carbocycles. The van der Waals surface area contributed by atoms with Crippen molar-refractivity contribution in [1.29, 1.82) is 0 Å². The van der Waals surface area contributed by atoms with Crippen LogP contribution in [0.1, 0.15) is 63.7 Å². The van der Waals surface area contributed by atoms with Crippen molar-refractivity contribution in [3.8, 4) is 5.75 Å². The minimum atomic E-state index is -0.975. The smallest absolute Gasteiger partial charge is 0.335 e. The molecule has 2 atom stereocenters. The molecule has 0 radical (unpaired) electrons. The van der Waals surface area contributed by atoms with E-state index < -0.39 is 12.0 Å². The Morgan fingerprint density at radius 1 is 1.11 bits per heavy atom. The van der Waals surface area contributed by atoms with Crippen molar-refractivity contribution in [3.63, 3.8) is 0 Å². The molecule has 3 rings (SSSR count). The highest BCUT2D eigenvalue weighted by atomic mass is 16.5. The second kappa shape index (κ2) is 12.4. The predicted octanol–water partition coefficient (Wildman–Crippen LogP) is 3.26. The molecule has 35 heavy (non-hydrogen) atoms. The van der Waals surface area contributed by atoms with Gasteiger partial charge in [0.1, 0.15) is 11.8 Å². The second-order valence-corrected chi connectivity index (χ2v) is 10.7. The number of rotatable bonds is 10. The van der Waals surface area contributed by atoms with Crippen molar-refractivity contribution in [2.75, 3.05) is 32.8 Å². The van der Waals surface area contributed by atoms with Gasteiger partial charge in [-0.15, -0.1) is 0 Å². The van der Waals surface area contributed by atoms with Crippen LogP contribution in [0.4, 0.5) is 0 Å². The lowest BCUT2D eigenvalue weighted by molar-refractivity contribution is -0.150. The van der Waals surface area contributed by atoms with Crippen LogP contribution in [0.3, 0.4) is 0 Å². The monoisotopic (exact) mass is 487 g/mol. The van der Waals surface area contributed by atoms with E-state index in [1.165, 1.54) is 6.07 Å². The molecule has 0 spiro atoms. The third-order valence-corrected chi connectivity index (χ3v) is 6.88. The third-order valence-electron chi connectivity index (χ3n) is 6.88. The molecule has 2 fully saturated rings. The first kappa shape index (κ1) is 27.0. The van der Waals surface area contributed by atoms with Crippen LogP contribution in [0.2, 0.25) is 0 Å². The topological polar surface area (TPSA) is 99.2 Å². The molecule has 0 aromatic heterocycles. The van der Waals surface area contributed by atoms with Gasteiger partial charge in [-0.1, -0.05) is 33.8 Å². The van der Waals surface area contributed by atoms with E-state index in [9.17, 15) is 14.4 Å². The van der Waals surface area contributed by atoms with E-state index in [4.69, 9.17) is 9.84 Å². The van der Waals surface area contributed by atoms with Crippen molar-refractivity contribution in [1.82, 2.24) is 15.1 Å². The molecule has 8 nitrogen and oxygen atoms in total. The van der Waals surface area contributed by atoms with E-state index in [1.54, 1.807) is 18.2 Å².